The molecular weight excluding hydrogens is 466 g/mol. The lowest BCUT2D eigenvalue weighted by molar-refractivity contribution is 0.373. The highest BCUT2D eigenvalue weighted by atomic mass is 35.5. The van der Waals surface area contributed by atoms with Crippen LogP contribution in [0.5, 0.6) is 0 Å². The molecule has 2 rings (SSSR count). The van der Waals surface area contributed by atoms with Gasteiger partial charge < -0.3 is 8.83 Å². The molecule has 2 heterocycles. The minimum Gasteiger partial charge on any atom is -0.440 e. The van der Waals surface area contributed by atoms with Gasteiger partial charge in [-0.2, -0.15) is 17.6 Å². The summed E-state index contributed by atoms with van der Waals surface area (Å²) in [6.07, 6.45) is -2.36. The van der Waals surface area contributed by atoms with E-state index in [0.717, 1.165) is 23.5 Å². The van der Waals surface area contributed by atoms with E-state index in [-0.39, 0.29) is 30.2 Å². The van der Waals surface area contributed by atoms with Crippen LogP contribution in [0, 0.1) is 6.92 Å². The van der Waals surface area contributed by atoms with Crippen molar-refractivity contribution in [2.45, 2.75) is 36.1 Å². The van der Waals surface area contributed by atoms with Gasteiger partial charge in [0.25, 0.3) is 10.4 Å². The summed E-state index contributed by atoms with van der Waals surface area (Å²) < 4.78 is 81.0. The molecule has 0 spiro atoms. The minimum absolute atomic E-state index is 0.144. The Morgan fingerprint density at radius 3 is 1.72 bits per heavy atom. The summed E-state index contributed by atoms with van der Waals surface area (Å²) in [4.78, 5) is 7.83. The summed E-state index contributed by atoms with van der Waals surface area (Å²) in [7, 11) is 0. The molecule has 0 aliphatic heterocycles. The van der Waals surface area contributed by atoms with Crippen molar-refractivity contribution in [3.8, 4) is 0 Å². The standard InChI is InChI=1S/C8H7ClF3NOS.C8H8F3NOS/c9-3-5-4-14-8(13-5)15-2-1-6(10)7(11)12;1-5-4-13-8(12-5)14-3-2-6(9)7(10)11/h4H,1-3H2;4H,2-3H2,1H3. The van der Waals surface area contributed by atoms with Crippen LogP contribution in [0.2, 0.25) is 0 Å². The van der Waals surface area contributed by atoms with Gasteiger partial charge in [0.15, 0.2) is 11.7 Å². The Morgan fingerprint density at radius 2 is 1.34 bits per heavy atom. The number of halogens is 7. The van der Waals surface area contributed by atoms with Gasteiger partial charge in [-0.25, -0.2) is 18.7 Å². The van der Waals surface area contributed by atoms with Crippen LogP contribution in [0.25, 0.3) is 0 Å². The van der Waals surface area contributed by atoms with Gasteiger partial charge in [0.1, 0.15) is 12.5 Å². The van der Waals surface area contributed by atoms with Gasteiger partial charge in [-0.3, -0.25) is 0 Å². The molecule has 0 aromatic carbocycles. The van der Waals surface area contributed by atoms with Crippen LogP contribution < -0.4 is 0 Å². The topological polar surface area (TPSA) is 52.1 Å². The first kappa shape index (κ1) is 25.5. The number of aryl methyl sites for hydroxylation is 1. The van der Waals surface area contributed by atoms with E-state index < -0.39 is 23.8 Å². The van der Waals surface area contributed by atoms with Crippen molar-refractivity contribution in [1.29, 1.82) is 0 Å². The van der Waals surface area contributed by atoms with E-state index in [9.17, 15) is 26.3 Å². The Bertz CT molecular complexity index is 820. The highest BCUT2D eigenvalue weighted by Gasteiger charge is 2.08. The zero-order valence-corrected chi connectivity index (χ0v) is 17.3. The second-order valence-electron chi connectivity index (χ2n) is 5.02. The number of nitrogens with zero attached hydrogens (tertiary/aromatic N) is 2. The predicted molar refractivity (Wildman–Crippen MR) is 98.7 cm³/mol. The van der Waals surface area contributed by atoms with Crippen molar-refractivity contribution in [3.63, 3.8) is 0 Å². The molecule has 0 unspecified atom stereocenters. The second-order valence-corrected chi connectivity index (χ2v) is 7.38. The number of allylic oxidation sites excluding steroid dienone is 2. The SMILES string of the molecule is Cc1coc(SCCC(F)=C(F)F)n1.FC(F)=C(F)CCSc1nc(CCl)co1. The molecule has 4 nitrogen and oxygen atoms in total. The van der Waals surface area contributed by atoms with Crippen LogP contribution in [-0.4, -0.2) is 21.5 Å². The van der Waals surface area contributed by atoms with E-state index in [0.29, 0.717) is 21.8 Å². The molecule has 0 saturated carbocycles. The van der Waals surface area contributed by atoms with E-state index in [4.69, 9.17) is 20.4 Å². The van der Waals surface area contributed by atoms with Gasteiger partial charge in [0, 0.05) is 24.3 Å². The Labute approximate surface area is 175 Å². The van der Waals surface area contributed by atoms with Crippen molar-refractivity contribution in [2.75, 3.05) is 11.5 Å². The Kier molecular flexibility index (Phi) is 12.0. The highest BCUT2D eigenvalue weighted by molar-refractivity contribution is 7.99. The first-order chi connectivity index (χ1) is 13.7. The fourth-order valence-corrected chi connectivity index (χ4v) is 3.12. The molecule has 0 aliphatic carbocycles. The van der Waals surface area contributed by atoms with Gasteiger partial charge in [0.2, 0.25) is 0 Å². The van der Waals surface area contributed by atoms with Crippen molar-refractivity contribution >= 4 is 35.1 Å². The zero-order valence-electron chi connectivity index (χ0n) is 14.9. The van der Waals surface area contributed by atoms with Crippen LogP contribution >= 0.6 is 35.1 Å². The maximum Gasteiger partial charge on any atom is 0.301 e. The molecule has 29 heavy (non-hydrogen) atoms. The van der Waals surface area contributed by atoms with Gasteiger partial charge in [-0.05, 0) is 6.92 Å². The summed E-state index contributed by atoms with van der Waals surface area (Å²) in [6.45, 7) is 1.75. The van der Waals surface area contributed by atoms with Crippen molar-refractivity contribution in [2.24, 2.45) is 0 Å². The number of hydrogen-bond donors (Lipinski definition) is 0. The van der Waals surface area contributed by atoms with Crippen LogP contribution in [0.4, 0.5) is 26.3 Å². The van der Waals surface area contributed by atoms with E-state index in [1.165, 1.54) is 12.5 Å². The fourth-order valence-electron chi connectivity index (χ4n) is 1.46. The summed E-state index contributed by atoms with van der Waals surface area (Å²) in [5.74, 6) is -2.22. The molecule has 0 fully saturated rings. The van der Waals surface area contributed by atoms with Crippen LogP contribution in [0.1, 0.15) is 24.2 Å². The Balaban J connectivity index is 0.000000291. The van der Waals surface area contributed by atoms with E-state index in [1.807, 2.05) is 0 Å². The van der Waals surface area contributed by atoms with Crippen molar-refractivity contribution < 1.29 is 35.2 Å². The molecule has 2 aromatic heterocycles. The molecule has 0 radical (unpaired) electrons. The third-order valence-corrected chi connectivity index (χ3v) is 4.73. The average molecular weight is 481 g/mol. The lowest BCUT2D eigenvalue weighted by Gasteiger charge is -1.94. The molecule has 162 valence electrons. The first-order valence-corrected chi connectivity index (χ1v) is 10.3. The molecular formula is C16H15ClF6N2O2S2. The summed E-state index contributed by atoms with van der Waals surface area (Å²) in [6, 6.07) is 0. The number of oxazole rings is 2. The Hall–Kier alpha value is -1.53. The lowest BCUT2D eigenvalue weighted by Crippen LogP contribution is -1.83. The predicted octanol–water partition coefficient (Wildman–Crippen LogP) is 7.52. The van der Waals surface area contributed by atoms with Gasteiger partial charge in [0.05, 0.1) is 17.3 Å². The lowest BCUT2D eigenvalue weighted by atomic mass is 10.4. The molecule has 0 aliphatic rings. The third-order valence-electron chi connectivity index (χ3n) is 2.77. The molecule has 0 atom stereocenters. The van der Waals surface area contributed by atoms with E-state index in [2.05, 4.69) is 9.97 Å². The number of hydrogen-bond acceptors (Lipinski definition) is 6. The summed E-state index contributed by atoms with van der Waals surface area (Å²) >= 11 is 7.63. The zero-order chi connectivity index (χ0) is 21.8. The molecule has 2 aromatic rings. The number of alkyl halides is 1. The maximum atomic E-state index is 12.3. The average Bonchev–Trinajstić information content (AvgIpc) is 3.30. The highest BCUT2D eigenvalue weighted by Crippen LogP contribution is 2.23. The quantitative estimate of drug-likeness (QED) is 0.210. The van der Waals surface area contributed by atoms with Gasteiger partial charge in [-0.15, -0.1) is 11.6 Å². The maximum absolute atomic E-state index is 12.3. The molecule has 0 amide bonds. The largest absolute Gasteiger partial charge is 0.440 e. The van der Waals surface area contributed by atoms with E-state index >= 15 is 0 Å². The van der Waals surface area contributed by atoms with Gasteiger partial charge in [-0.1, -0.05) is 23.5 Å². The fraction of sp³-hybridized carbons (Fsp3) is 0.375. The number of rotatable bonds is 9. The van der Waals surface area contributed by atoms with Crippen molar-refractivity contribution in [3.05, 3.63) is 47.7 Å². The molecule has 0 N–H and O–H groups in total. The molecule has 13 heteroatoms. The Morgan fingerprint density at radius 1 is 0.862 bits per heavy atom. The normalized spacial score (nSPS) is 10.3. The second kappa shape index (κ2) is 13.6. The number of thioether (sulfide) groups is 2. The summed E-state index contributed by atoms with van der Waals surface area (Å²) in [5, 5.41) is 0.673. The van der Waals surface area contributed by atoms with Crippen LogP contribution in [0.3, 0.4) is 0 Å². The number of aromatic nitrogens is 2. The van der Waals surface area contributed by atoms with Crippen LogP contribution in [-0.2, 0) is 5.88 Å². The summed E-state index contributed by atoms with van der Waals surface area (Å²) in [5.41, 5.74) is 1.27. The first-order valence-electron chi connectivity index (χ1n) is 7.80. The molecule has 0 bridgehead atoms. The molecule has 0 saturated heterocycles. The monoisotopic (exact) mass is 480 g/mol. The smallest absolute Gasteiger partial charge is 0.301 e. The third kappa shape index (κ3) is 10.7. The van der Waals surface area contributed by atoms with E-state index in [1.54, 1.807) is 6.92 Å². The van der Waals surface area contributed by atoms with Crippen molar-refractivity contribution in [1.82, 2.24) is 9.97 Å². The van der Waals surface area contributed by atoms with Gasteiger partial charge >= 0.3 is 12.2 Å². The van der Waals surface area contributed by atoms with Crippen LogP contribution in [0.15, 0.2) is 55.6 Å². The minimum atomic E-state index is -2.27.